The molecule has 1 atom stereocenters. The standard InChI is InChI=1S/C20H17FN2O5S/c21-16-9-11-17(12-10-16)23(29(26,27)28)18-8-4-7-15(13-18)19(20(24)22-25)14-5-2-1-3-6-14/h1-13,19,25H,(H,22,24)(H,26,27,28). The summed E-state index contributed by atoms with van der Waals surface area (Å²) in [5.41, 5.74) is 2.59. The minimum absolute atomic E-state index is 0.00826. The molecule has 0 aliphatic rings. The highest BCUT2D eigenvalue weighted by Crippen LogP contribution is 2.33. The Labute approximate surface area is 166 Å². The number of halogens is 1. The third-order valence-electron chi connectivity index (χ3n) is 4.24. The number of hydrogen-bond donors (Lipinski definition) is 3. The molecule has 3 aromatic rings. The van der Waals surface area contributed by atoms with Gasteiger partial charge in [-0.1, -0.05) is 42.5 Å². The van der Waals surface area contributed by atoms with Gasteiger partial charge in [-0.3, -0.25) is 14.6 Å². The summed E-state index contributed by atoms with van der Waals surface area (Å²) in [5.74, 6) is -2.22. The fourth-order valence-electron chi connectivity index (χ4n) is 3.03. The zero-order chi connectivity index (χ0) is 21.0. The molecule has 150 valence electrons. The monoisotopic (exact) mass is 416 g/mol. The van der Waals surface area contributed by atoms with Gasteiger partial charge in [-0.2, -0.15) is 8.42 Å². The number of carbonyl (C=O) groups excluding carboxylic acids is 1. The van der Waals surface area contributed by atoms with Gasteiger partial charge in [0, 0.05) is 0 Å². The van der Waals surface area contributed by atoms with E-state index < -0.39 is 27.9 Å². The van der Waals surface area contributed by atoms with Crippen LogP contribution in [0.4, 0.5) is 15.8 Å². The summed E-state index contributed by atoms with van der Waals surface area (Å²) in [6.45, 7) is 0. The molecule has 0 fully saturated rings. The van der Waals surface area contributed by atoms with Gasteiger partial charge < -0.3 is 0 Å². The van der Waals surface area contributed by atoms with Crippen molar-refractivity contribution in [2.24, 2.45) is 0 Å². The molecular weight excluding hydrogens is 399 g/mol. The zero-order valence-electron chi connectivity index (χ0n) is 14.9. The Hall–Kier alpha value is -3.27. The lowest BCUT2D eigenvalue weighted by atomic mass is 9.90. The van der Waals surface area contributed by atoms with Crippen LogP contribution in [-0.2, 0) is 15.1 Å². The molecule has 3 aromatic carbocycles. The van der Waals surface area contributed by atoms with E-state index in [1.807, 2.05) is 0 Å². The molecule has 1 unspecified atom stereocenters. The summed E-state index contributed by atoms with van der Waals surface area (Å²) in [4.78, 5) is 12.3. The molecule has 0 saturated heterocycles. The molecule has 3 N–H and O–H groups in total. The number of anilines is 2. The molecule has 3 rings (SSSR count). The summed E-state index contributed by atoms with van der Waals surface area (Å²) in [6.07, 6.45) is 0. The Balaban J connectivity index is 2.13. The Morgan fingerprint density at radius 3 is 2.10 bits per heavy atom. The van der Waals surface area contributed by atoms with Crippen LogP contribution in [0.25, 0.3) is 0 Å². The minimum atomic E-state index is -4.76. The van der Waals surface area contributed by atoms with Crippen LogP contribution in [-0.4, -0.2) is 24.1 Å². The predicted octanol–water partition coefficient (Wildman–Crippen LogP) is 3.40. The predicted molar refractivity (Wildman–Crippen MR) is 105 cm³/mol. The van der Waals surface area contributed by atoms with Crippen molar-refractivity contribution in [3.8, 4) is 0 Å². The maximum atomic E-state index is 13.2. The summed E-state index contributed by atoms with van der Waals surface area (Å²) in [6, 6.07) is 19.0. The molecule has 0 spiro atoms. The van der Waals surface area contributed by atoms with Crippen molar-refractivity contribution >= 4 is 27.6 Å². The van der Waals surface area contributed by atoms with Crippen molar-refractivity contribution in [3.63, 3.8) is 0 Å². The van der Waals surface area contributed by atoms with Crippen LogP contribution < -0.4 is 9.79 Å². The summed E-state index contributed by atoms with van der Waals surface area (Å²) < 4.78 is 47.7. The number of hydrogen-bond acceptors (Lipinski definition) is 4. The van der Waals surface area contributed by atoms with E-state index in [-0.39, 0.29) is 11.4 Å². The van der Waals surface area contributed by atoms with Gasteiger partial charge in [0.15, 0.2) is 0 Å². The van der Waals surface area contributed by atoms with Gasteiger partial charge in [0.2, 0.25) is 0 Å². The molecule has 0 aliphatic heterocycles. The molecular formula is C20H17FN2O5S. The van der Waals surface area contributed by atoms with E-state index in [0.29, 0.717) is 15.4 Å². The van der Waals surface area contributed by atoms with Crippen LogP contribution in [0.5, 0.6) is 0 Å². The van der Waals surface area contributed by atoms with Crippen molar-refractivity contribution in [3.05, 3.63) is 95.8 Å². The first-order valence-corrected chi connectivity index (χ1v) is 9.83. The van der Waals surface area contributed by atoms with Crippen LogP contribution in [0.1, 0.15) is 17.0 Å². The third kappa shape index (κ3) is 4.60. The van der Waals surface area contributed by atoms with Gasteiger partial charge in [0.05, 0.1) is 17.3 Å². The minimum Gasteiger partial charge on any atom is -0.289 e. The van der Waals surface area contributed by atoms with Crippen molar-refractivity contribution in [2.45, 2.75) is 5.92 Å². The van der Waals surface area contributed by atoms with Gasteiger partial charge in [0.1, 0.15) is 5.82 Å². The first-order chi connectivity index (χ1) is 13.8. The quantitative estimate of drug-likeness (QED) is 0.324. The molecule has 29 heavy (non-hydrogen) atoms. The number of benzene rings is 3. The highest BCUT2D eigenvalue weighted by atomic mass is 32.2. The van der Waals surface area contributed by atoms with Crippen LogP contribution in [0.2, 0.25) is 0 Å². The largest absolute Gasteiger partial charge is 0.364 e. The number of amides is 1. The highest BCUT2D eigenvalue weighted by molar-refractivity contribution is 7.87. The van der Waals surface area contributed by atoms with E-state index in [2.05, 4.69) is 0 Å². The van der Waals surface area contributed by atoms with Gasteiger partial charge in [0.25, 0.3) is 5.91 Å². The summed E-state index contributed by atoms with van der Waals surface area (Å²) in [7, 11) is -4.76. The smallest absolute Gasteiger partial charge is 0.289 e. The number of nitrogens with zero attached hydrogens (tertiary/aromatic N) is 1. The van der Waals surface area contributed by atoms with E-state index >= 15 is 0 Å². The summed E-state index contributed by atoms with van der Waals surface area (Å²) >= 11 is 0. The van der Waals surface area contributed by atoms with Crippen LogP contribution in [0.15, 0.2) is 78.9 Å². The van der Waals surface area contributed by atoms with Crippen LogP contribution in [0, 0.1) is 5.82 Å². The van der Waals surface area contributed by atoms with E-state index in [0.717, 1.165) is 12.1 Å². The number of hydroxylamine groups is 1. The second-order valence-corrected chi connectivity index (χ2v) is 7.39. The van der Waals surface area contributed by atoms with Crippen molar-refractivity contribution in [1.82, 2.24) is 5.48 Å². The average molecular weight is 416 g/mol. The number of carbonyl (C=O) groups is 1. The van der Waals surface area contributed by atoms with Crippen LogP contribution in [0.3, 0.4) is 0 Å². The molecule has 9 heteroatoms. The lowest BCUT2D eigenvalue weighted by Crippen LogP contribution is -2.28. The second kappa shape index (κ2) is 8.39. The summed E-state index contributed by atoms with van der Waals surface area (Å²) in [5, 5.41) is 9.16. The topological polar surface area (TPSA) is 107 Å². The molecule has 0 heterocycles. The Morgan fingerprint density at radius 1 is 0.897 bits per heavy atom. The van der Waals surface area contributed by atoms with Gasteiger partial charge in [-0.25, -0.2) is 14.2 Å². The molecule has 0 saturated carbocycles. The molecule has 0 bridgehead atoms. The van der Waals surface area contributed by atoms with Crippen LogP contribution >= 0.6 is 0 Å². The van der Waals surface area contributed by atoms with E-state index in [4.69, 9.17) is 5.21 Å². The van der Waals surface area contributed by atoms with Crippen molar-refractivity contribution in [2.75, 3.05) is 4.31 Å². The normalized spacial score (nSPS) is 12.2. The van der Waals surface area contributed by atoms with E-state index in [9.17, 15) is 22.2 Å². The number of nitrogens with one attached hydrogen (secondary N) is 1. The fraction of sp³-hybridized carbons (Fsp3) is 0.0500. The zero-order valence-corrected chi connectivity index (χ0v) is 15.8. The van der Waals surface area contributed by atoms with E-state index in [1.54, 1.807) is 41.9 Å². The average Bonchev–Trinajstić information content (AvgIpc) is 2.70. The lowest BCUT2D eigenvalue weighted by molar-refractivity contribution is -0.129. The maximum Gasteiger partial charge on any atom is 0.364 e. The van der Waals surface area contributed by atoms with Crippen molar-refractivity contribution < 1.29 is 27.4 Å². The third-order valence-corrected chi connectivity index (χ3v) is 5.12. The van der Waals surface area contributed by atoms with E-state index in [1.165, 1.54) is 30.3 Å². The Kier molecular flexibility index (Phi) is 5.92. The lowest BCUT2D eigenvalue weighted by Gasteiger charge is -2.23. The number of rotatable bonds is 6. The maximum absolute atomic E-state index is 13.2. The van der Waals surface area contributed by atoms with Gasteiger partial charge in [-0.05, 0) is 47.5 Å². The molecule has 7 nitrogen and oxygen atoms in total. The first-order valence-electron chi connectivity index (χ1n) is 8.43. The molecule has 0 aliphatic carbocycles. The first kappa shape index (κ1) is 20.5. The molecule has 0 radical (unpaired) electrons. The van der Waals surface area contributed by atoms with Gasteiger partial charge in [-0.15, -0.1) is 0 Å². The molecule has 1 amide bonds. The fourth-order valence-corrected chi connectivity index (χ4v) is 3.80. The highest BCUT2D eigenvalue weighted by Gasteiger charge is 2.26. The second-order valence-electron chi connectivity index (χ2n) is 6.13. The SMILES string of the molecule is O=C(NO)C(c1ccccc1)c1cccc(N(c2ccc(F)cc2)S(=O)(=O)O)c1. The van der Waals surface area contributed by atoms with Crippen molar-refractivity contribution in [1.29, 1.82) is 0 Å². The molecule has 0 aromatic heterocycles. The Bertz CT molecular complexity index is 1110. The van der Waals surface area contributed by atoms with Gasteiger partial charge >= 0.3 is 10.3 Å². The Morgan fingerprint density at radius 2 is 1.52 bits per heavy atom.